The van der Waals surface area contributed by atoms with E-state index in [9.17, 15) is 19.5 Å². The molecular formula is C29H27NO7. The van der Waals surface area contributed by atoms with Crippen LogP contribution < -0.4 is 14.4 Å². The first kappa shape index (κ1) is 25.5. The lowest BCUT2D eigenvalue weighted by atomic mass is 9.94. The number of esters is 1. The minimum absolute atomic E-state index is 0.0569. The van der Waals surface area contributed by atoms with Gasteiger partial charge in [0.2, 0.25) is 0 Å². The van der Waals surface area contributed by atoms with Gasteiger partial charge in [0.15, 0.2) is 11.5 Å². The predicted octanol–water partition coefficient (Wildman–Crippen LogP) is 4.68. The summed E-state index contributed by atoms with van der Waals surface area (Å²) in [7, 11) is 4.24. The highest BCUT2D eigenvalue weighted by molar-refractivity contribution is 6.51. The largest absolute Gasteiger partial charge is 0.507 e. The van der Waals surface area contributed by atoms with Crippen LogP contribution in [0.15, 0.2) is 72.3 Å². The molecule has 1 heterocycles. The van der Waals surface area contributed by atoms with Gasteiger partial charge < -0.3 is 19.3 Å². The summed E-state index contributed by atoms with van der Waals surface area (Å²) < 4.78 is 15.4. The molecule has 1 saturated heterocycles. The quantitative estimate of drug-likeness (QED) is 0.217. The van der Waals surface area contributed by atoms with Gasteiger partial charge in [0.25, 0.3) is 11.7 Å². The zero-order valence-electron chi connectivity index (χ0n) is 21.0. The Labute approximate surface area is 214 Å². The van der Waals surface area contributed by atoms with Crippen molar-refractivity contribution in [1.82, 2.24) is 0 Å². The van der Waals surface area contributed by atoms with Gasteiger partial charge in [-0.2, -0.15) is 0 Å². The fourth-order valence-corrected chi connectivity index (χ4v) is 4.36. The molecule has 8 nitrogen and oxygen atoms in total. The van der Waals surface area contributed by atoms with E-state index in [4.69, 9.17) is 14.2 Å². The fourth-order valence-electron chi connectivity index (χ4n) is 4.36. The smallest absolute Gasteiger partial charge is 0.337 e. The number of aliphatic hydroxyl groups excluding tert-OH is 1. The second-order valence-corrected chi connectivity index (χ2v) is 8.37. The Morgan fingerprint density at radius 1 is 0.865 bits per heavy atom. The molecule has 0 bridgehead atoms. The van der Waals surface area contributed by atoms with Crippen molar-refractivity contribution in [2.24, 2.45) is 0 Å². The molecule has 0 spiro atoms. The Morgan fingerprint density at radius 2 is 1.49 bits per heavy atom. The number of rotatable bonds is 7. The van der Waals surface area contributed by atoms with Gasteiger partial charge in [-0.3, -0.25) is 14.5 Å². The number of carbonyl (C=O) groups excluding carboxylic acids is 3. The maximum atomic E-state index is 13.4. The number of benzene rings is 3. The van der Waals surface area contributed by atoms with E-state index in [1.807, 2.05) is 31.2 Å². The second kappa shape index (κ2) is 10.6. The van der Waals surface area contributed by atoms with E-state index in [1.54, 1.807) is 30.3 Å². The van der Waals surface area contributed by atoms with Crippen LogP contribution in [0.5, 0.6) is 11.5 Å². The number of methoxy groups -OCH3 is 3. The SMILES string of the molecule is CCc1ccc(C2/C(=C(/O)c3ccc(OC)c(OC)c3)C(=O)C(=O)N2c2ccc(C(=O)OC)cc2)cc1. The Hall–Kier alpha value is -4.59. The molecule has 1 fully saturated rings. The van der Waals surface area contributed by atoms with Gasteiger partial charge >= 0.3 is 5.97 Å². The number of hydrogen-bond donors (Lipinski definition) is 1. The number of hydrogen-bond acceptors (Lipinski definition) is 7. The van der Waals surface area contributed by atoms with Gasteiger partial charge in [0.1, 0.15) is 5.76 Å². The van der Waals surface area contributed by atoms with Crippen LogP contribution >= 0.6 is 0 Å². The van der Waals surface area contributed by atoms with Gasteiger partial charge in [-0.15, -0.1) is 0 Å². The Kier molecular flexibility index (Phi) is 7.29. The average molecular weight is 502 g/mol. The maximum absolute atomic E-state index is 13.4. The van der Waals surface area contributed by atoms with Crippen LogP contribution in [-0.2, 0) is 20.7 Å². The van der Waals surface area contributed by atoms with Crippen LogP contribution in [0, 0.1) is 0 Å². The molecule has 1 unspecified atom stereocenters. The highest BCUT2D eigenvalue weighted by Crippen LogP contribution is 2.43. The van der Waals surface area contributed by atoms with Gasteiger partial charge in [-0.25, -0.2) is 4.79 Å². The molecule has 4 rings (SSSR count). The van der Waals surface area contributed by atoms with E-state index in [1.165, 1.54) is 38.4 Å². The van der Waals surface area contributed by atoms with E-state index >= 15 is 0 Å². The molecule has 0 aromatic heterocycles. The number of amides is 1. The molecule has 1 aliphatic heterocycles. The number of aliphatic hydroxyl groups is 1. The van der Waals surface area contributed by atoms with Crippen molar-refractivity contribution in [2.45, 2.75) is 19.4 Å². The molecule has 1 aliphatic rings. The Morgan fingerprint density at radius 3 is 2.05 bits per heavy atom. The predicted molar refractivity (Wildman–Crippen MR) is 138 cm³/mol. The summed E-state index contributed by atoms with van der Waals surface area (Å²) in [4.78, 5) is 39.9. The van der Waals surface area contributed by atoms with Crippen molar-refractivity contribution in [2.75, 3.05) is 26.2 Å². The molecule has 0 radical (unpaired) electrons. The van der Waals surface area contributed by atoms with Crippen LogP contribution in [0.3, 0.4) is 0 Å². The van der Waals surface area contributed by atoms with Crippen molar-refractivity contribution in [3.8, 4) is 11.5 Å². The second-order valence-electron chi connectivity index (χ2n) is 8.37. The molecule has 3 aromatic rings. The third kappa shape index (κ3) is 4.65. The standard InChI is InChI=1S/C29H27NO7/c1-5-17-6-8-18(9-7-17)25-24(26(31)20-12-15-22(35-2)23(16-20)36-3)27(32)28(33)30(25)21-13-10-19(11-14-21)29(34)37-4/h6-16,25,31H,5H2,1-4H3/b26-24-. The lowest BCUT2D eigenvalue weighted by Crippen LogP contribution is -2.29. The van der Waals surface area contributed by atoms with Gasteiger partial charge in [-0.1, -0.05) is 31.2 Å². The first-order chi connectivity index (χ1) is 17.8. The summed E-state index contributed by atoms with van der Waals surface area (Å²) in [5.41, 5.74) is 2.67. The van der Waals surface area contributed by atoms with Crippen LogP contribution in [0.25, 0.3) is 5.76 Å². The number of Topliss-reactive ketones (excluding diaryl/α,β-unsaturated/α-hetero) is 1. The third-order valence-electron chi connectivity index (χ3n) is 6.37. The summed E-state index contributed by atoms with van der Waals surface area (Å²) in [5.74, 6) is -1.66. The number of ketones is 1. The van der Waals surface area contributed by atoms with E-state index < -0.39 is 23.7 Å². The monoisotopic (exact) mass is 501 g/mol. The minimum atomic E-state index is -0.900. The molecule has 0 aliphatic carbocycles. The van der Waals surface area contributed by atoms with E-state index in [-0.39, 0.29) is 11.3 Å². The zero-order chi connectivity index (χ0) is 26.7. The average Bonchev–Trinajstić information content (AvgIpc) is 3.21. The summed E-state index contributed by atoms with van der Waals surface area (Å²) in [6, 6.07) is 17.6. The van der Waals surface area contributed by atoms with Gasteiger partial charge in [-0.05, 0) is 60.0 Å². The third-order valence-corrected chi connectivity index (χ3v) is 6.37. The van der Waals surface area contributed by atoms with Crippen molar-refractivity contribution in [3.63, 3.8) is 0 Å². The van der Waals surface area contributed by atoms with Crippen molar-refractivity contribution >= 4 is 29.1 Å². The van der Waals surface area contributed by atoms with Gasteiger partial charge in [0, 0.05) is 11.3 Å². The number of anilines is 1. The number of nitrogens with zero attached hydrogens (tertiary/aromatic N) is 1. The molecule has 1 amide bonds. The summed E-state index contributed by atoms with van der Waals surface area (Å²) >= 11 is 0. The van der Waals surface area contributed by atoms with Crippen LogP contribution in [0.4, 0.5) is 5.69 Å². The van der Waals surface area contributed by atoms with Crippen molar-refractivity contribution in [3.05, 3.63) is 94.6 Å². The topological polar surface area (TPSA) is 102 Å². The first-order valence-corrected chi connectivity index (χ1v) is 11.6. The number of ether oxygens (including phenoxy) is 3. The highest BCUT2D eigenvalue weighted by Gasteiger charge is 2.47. The van der Waals surface area contributed by atoms with Crippen LogP contribution in [-0.4, -0.2) is 44.1 Å². The zero-order valence-corrected chi connectivity index (χ0v) is 21.0. The maximum Gasteiger partial charge on any atom is 0.337 e. The molecule has 3 aromatic carbocycles. The Bertz CT molecular complexity index is 1370. The molecular weight excluding hydrogens is 474 g/mol. The summed E-state index contributed by atoms with van der Waals surface area (Å²) in [6.07, 6.45) is 0.821. The number of aryl methyl sites for hydroxylation is 1. The lowest BCUT2D eigenvalue weighted by molar-refractivity contribution is -0.132. The van der Waals surface area contributed by atoms with Crippen LogP contribution in [0.1, 0.15) is 40.0 Å². The fraction of sp³-hybridized carbons (Fsp3) is 0.207. The molecule has 190 valence electrons. The molecule has 37 heavy (non-hydrogen) atoms. The normalized spacial score (nSPS) is 16.5. The number of carbonyl (C=O) groups is 3. The van der Waals surface area contributed by atoms with Crippen LogP contribution in [0.2, 0.25) is 0 Å². The lowest BCUT2D eigenvalue weighted by Gasteiger charge is -2.26. The molecule has 0 saturated carbocycles. The molecule has 1 atom stereocenters. The van der Waals surface area contributed by atoms with E-state index in [0.717, 1.165) is 12.0 Å². The minimum Gasteiger partial charge on any atom is -0.507 e. The summed E-state index contributed by atoms with van der Waals surface area (Å²) in [5, 5.41) is 11.4. The van der Waals surface area contributed by atoms with Gasteiger partial charge in [0.05, 0.1) is 38.5 Å². The van der Waals surface area contributed by atoms with E-state index in [2.05, 4.69) is 0 Å². The Balaban J connectivity index is 1.90. The van der Waals surface area contributed by atoms with Crippen molar-refractivity contribution in [1.29, 1.82) is 0 Å². The summed E-state index contributed by atoms with van der Waals surface area (Å²) in [6.45, 7) is 2.03. The van der Waals surface area contributed by atoms with Crippen molar-refractivity contribution < 1.29 is 33.7 Å². The first-order valence-electron chi connectivity index (χ1n) is 11.6. The molecule has 8 heteroatoms. The highest BCUT2D eigenvalue weighted by atomic mass is 16.5. The molecule has 1 N–H and O–H groups in total. The van der Waals surface area contributed by atoms with E-state index in [0.29, 0.717) is 33.9 Å².